The topological polar surface area (TPSA) is 98.5 Å². The number of benzene rings is 2. The zero-order valence-electron chi connectivity index (χ0n) is 15.3. The van der Waals surface area contributed by atoms with Gasteiger partial charge in [0, 0.05) is 12.8 Å². The molecule has 27 heavy (non-hydrogen) atoms. The second-order valence-electron chi connectivity index (χ2n) is 6.17. The Morgan fingerprint density at radius 3 is 2.41 bits per heavy atom. The van der Waals surface area contributed by atoms with Crippen LogP contribution in [-0.2, 0) is 21.2 Å². The maximum Gasteiger partial charge on any atom is 0.237 e. The highest BCUT2D eigenvalue weighted by molar-refractivity contribution is 7.90. The number of halogens is 1. The normalized spacial score (nSPS) is 12.0. The zero-order valence-corrected chi connectivity index (χ0v) is 17.0. The number of ether oxygens (including phenoxy) is 1. The molecular weight excluding hydrogens is 388 g/mol. The molecule has 0 saturated heterocycles. The highest BCUT2D eigenvalue weighted by Gasteiger charge is 2.15. The summed E-state index contributed by atoms with van der Waals surface area (Å²) in [6.07, 6.45) is 1.24. The summed E-state index contributed by atoms with van der Waals surface area (Å²) < 4.78 is 27.5. The summed E-state index contributed by atoms with van der Waals surface area (Å²) in [5, 5.41) is 2.73. The molecule has 2 rings (SSSR count). The van der Waals surface area contributed by atoms with Crippen molar-refractivity contribution in [3.8, 4) is 16.9 Å². The first kappa shape index (κ1) is 23.0. The summed E-state index contributed by atoms with van der Waals surface area (Å²) in [6.45, 7) is 0.337. The molecule has 0 saturated carbocycles. The molecule has 1 unspecified atom stereocenters. The van der Waals surface area contributed by atoms with Crippen LogP contribution in [0.15, 0.2) is 48.5 Å². The van der Waals surface area contributed by atoms with Crippen LogP contribution in [0.5, 0.6) is 5.75 Å². The largest absolute Gasteiger partial charge is 0.497 e. The molecule has 0 fully saturated rings. The van der Waals surface area contributed by atoms with Crippen LogP contribution in [0, 0.1) is 0 Å². The molecule has 0 radical (unpaired) electrons. The van der Waals surface area contributed by atoms with Crippen molar-refractivity contribution >= 4 is 28.2 Å². The summed E-state index contributed by atoms with van der Waals surface area (Å²) in [7, 11) is -1.49. The van der Waals surface area contributed by atoms with Crippen molar-refractivity contribution in [2.75, 3.05) is 19.1 Å². The van der Waals surface area contributed by atoms with Gasteiger partial charge in [-0.3, -0.25) is 4.79 Å². The van der Waals surface area contributed by atoms with E-state index in [0.29, 0.717) is 6.54 Å². The minimum absolute atomic E-state index is 0. The van der Waals surface area contributed by atoms with Crippen molar-refractivity contribution in [2.24, 2.45) is 5.73 Å². The third kappa shape index (κ3) is 7.58. The molecular formula is C19H25ClN2O4S. The third-order valence-electron chi connectivity index (χ3n) is 3.96. The Hall–Kier alpha value is -2.09. The van der Waals surface area contributed by atoms with E-state index in [-0.39, 0.29) is 30.5 Å². The quantitative estimate of drug-likeness (QED) is 0.692. The lowest BCUT2D eigenvalue weighted by Gasteiger charge is -2.12. The minimum Gasteiger partial charge on any atom is -0.497 e. The number of sulfone groups is 1. The molecule has 6 nitrogen and oxygen atoms in total. The summed E-state index contributed by atoms with van der Waals surface area (Å²) in [5.41, 5.74) is 8.75. The molecule has 1 atom stereocenters. The Morgan fingerprint density at radius 2 is 1.81 bits per heavy atom. The van der Waals surface area contributed by atoms with E-state index in [4.69, 9.17) is 10.5 Å². The lowest BCUT2D eigenvalue weighted by atomic mass is 10.0. The van der Waals surface area contributed by atoms with Crippen molar-refractivity contribution in [3.63, 3.8) is 0 Å². The SMILES string of the molecule is COc1cccc(-c2ccc(CNC(=O)C(N)CCS(C)(=O)=O)cc2)c1.Cl. The molecule has 0 aliphatic heterocycles. The molecule has 0 heterocycles. The van der Waals surface area contributed by atoms with E-state index < -0.39 is 15.9 Å². The summed E-state index contributed by atoms with van der Waals surface area (Å²) in [6, 6.07) is 14.7. The summed E-state index contributed by atoms with van der Waals surface area (Å²) >= 11 is 0. The molecule has 8 heteroatoms. The smallest absolute Gasteiger partial charge is 0.237 e. The average molecular weight is 413 g/mol. The average Bonchev–Trinajstić information content (AvgIpc) is 2.64. The number of methoxy groups -OCH3 is 1. The minimum atomic E-state index is -3.12. The third-order valence-corrected chi connectivity index (χ3v) is 4.94. The monoisotopic (exact) mass is 412 g/mol. The van der Waals surface area contributed by atoms with E-state index in [9.17, 15) is 13.2 Å². The molecule has 0 aliphatic rings. The summed E-state index contributed by atoms with van der Waals surface area (Å²) in [5.74, 6) is 0.337. The highest BCUT2D eigenvalue weighted by atomic mass is 35.5. The van der Waals surface area contributed by atoms with E-state index in [1.54, 1.807) is 7.11 Å². The fraction of sp³-hybridized carbons (Fsp3) is 0.316. The predicted octanol–water partition coefficient (Wildman–Crippen LogP) is 2.16. The predicted molar refractivity (Wildman–Crippen MR) is 110 cm³/mol. The van der Waals surface area contributed by atoms with Gasteiger partial charge in [0.05, 0.1) is 18.9 Å². The van der Waals surface area contributed by atoms with Gasteiger partial charge in [0.15, 0.2) is 0 Å². The Bertz CT molecular complexity index is 854. The van der Waals surface area contributed by atoms with Crippen LogP contribution in [0.2, 0.25) is 0 Å². The number of hydrogen-bond donors (Lipinski definition) is 2. The first-order valence-electron chi connectivity index (χ1n) is 8.23. The van der Waals surface area contributed by atoms with E-state index in [1.165, 1.54) is 0 Å². The second-order valence-corrected chi connectivity index (χ2v) is 8.43. The number of carbonyl (C=O) groups excluding carboxylic acids is 1. The number of hydrogen-bond acceptors (Lipinski definition) is 5. The van der Waals surface area contributed by atoms with Gasteiger partial charge in [-0.1, -0.05) is 36.4 Å². The van der Waals surface area contributed by atoms with E-state index >= 15 is 0 Å². The lowest BCUT2D eigenvalue weighted by molar-refractivity contribution is -0.122. The number of amides is 1. The maximum absolute atomic E-state index is 11.9. The van der Waals surface area contributed by atoms with Crippen molar-refractivity contribution in [2.45, 2.75) is 19.0 Å². The van der Waals surface area contributed by atoms with E-state index in [1.807, 2.05) is 48.5 Å². The van der Waals surface area contributed by atoms with E-state index in [0.717, 1.165) is 28.7 Å². The molecule has 2 aromatic carbocycles. The molecule has 0 spiro atoms. The molecule has 0 aliphatic carbocycles. The Labute approximate surface area is 166 Å². The number of rotatable bonds is 8. The van der Waals surface area contributed by atoms with Gasteiger partial charge in [-0.25, -0.2) is 8.42 Å². The lowest BCUT2D eigenvalue weighted by Crippen LogP contribution is -2.41. The molecule has 3 N–H and O–H groups in total. The first-order valence-corrected chi connectivity index (χ1v) is 10.3. The van der Waals surface area contributed by atoms with Gasteiger partial charge >= 0.3 is 0 Å². The zero-order chi connectivity index (χ0) is 19.2. The number of carbonyl (C=O) groups is 1. The van der Waals surface area contributed by atoms with Gasteiger partial charge in [-0.2, -0.15) is 0 Å². The standard InChI is InChI=1S/C19H24N2O4S.ClH/c1-25-17-5-3-4-16(12-17)15-8-6-14(7-9-15)13-21-19(22)18(20)10-11-26(2,23)24;/h3-9,12,18H,10-11,13,20H2,1-2H3,(H,21,22);1H. The summed E-state index contributed by atoms with van der Waals surface area (Å²) in [4.78, 5) is 11.9. The van der Waals surface area contributed by atoms with Crippen LogP contribution >= 0.6 is 12.4 Å². The van der Waals surface area contributed by atoms with Crippen LogP contribution in [-0.4, -0.2) is 39.5 Å². The van der Waals surface area contributed by atoms with E-state index in [2.05, 4.69) is 5.32 Å². The molecule has 148 valence electrons. The van der Waals surface area contributed by atoms with Crippen LogP contribution in [0.25, 0.3) is 11.1 Å². The van der Waals surface area contributed by atoms with Gasteiger partial charge in [-0.05, 0) is 35.2 Å². The van der Waals surface area contributed by atoms with Gasteiger partial charge in [0.25, 0.3) is 0 Å². The second kappa shape index (κ2) is 10.3. The maximum atomic E-state index is 11.9. The van der Waals surface area contributed by atoms with Gasteiger partial charge in [-0.15, -0.1) is 12.4 Å². The van der Waals surface area contributed by atoms with Crippen molar-refractivity contribution in [1.29, 1.82) is 0 Å². The van der Waals surface area contributed by atoms with Crippen LogP contribution in [0.1, 0.15) is 12.0 Å². The fourth-order valence-electron chi connectivity index (χ4n) is 2.41. The van der Waals surface area contributed by atoms with Crippen LogP contribution < -0.4 is 15.8 Å². The number of nitrogens with two attached hydrogens (primary N) is 1. The van der Waals surface area contributed by atoms with Gasteiger partial charge < -0.3 is 15.8 Å². The molecule has 2 aromatic rings. The first-order chi connectivity index (χ1) is 12.3. The highest BCUT2D eigenvalue weighted by Crippen LogP contribution is 2.24. The molecule has 0 bridgehead atoms. The number of nitrogens with one attached hydrogen (secondary N) is 1. The van der Waals surface area contributed by atoms with Gasteiger partial charge in [0.1, 0.15) is 15.6 Å². The van der Waals surface area contributed by atoms with Crippen molar-refractivity contribution in [3.05, 3.63) is 54.1 Å². The van der Waals surface area contributed by atoms with Crippen LogP contribution in [0.4, 0.5) is 0 Å². The van der Waals surface area contributed by atoms with Crippen LogP contribution in [0.3, 0.4) is 0 Å². The Morgan fingerprint density at radius 1 is 1.15 bits per heavy atom. The molecule has 1 amide bonds. The van der Waals surface area contributed by atoms with Crippen molar-refractivity contribution in [1.82, 2.24) is 5.32 Å². The molecule has 0 aromatic heterocycles. The Balaban J connectivity index is 0.00000364. The fourth-order valence-corrected chi connectivity index (χ4v) is 3.09. The van der Waals surface area contributed by atoms with Crippen molar-refractivity contribution < 1.29 is 17.9 Å². The van der Waals surface area contributed by atoms with Gasteiger partial charge in [0.2, 0.25) is 5.91 Å². The Kier molecular flexibility index (Phi) is 8.75.